The molecule has 0 saturated carbocycles. The molecule has 3 N–H and O–H groups in total. The van der Waals surface area contributed by atoms with Gasteiger partial charge in [-0.2, -0.15) is 0 Å². The number of unbranched alkanes of at least 4 members (excludes halogenated alkanes) is 24. The van der Waals surface area contributed by atoms with Gasteiger partial charge in [0.05, 0.1) is 19.8 Å². The van der Waals surface area contributed by atoms with Crippen molar-refractivity contribution in [2.45, 2.75) is 213 Å². The predicted octanol–water partition coefficient (Wildman–Crippen LogP) is 13.4. The summed E-state index contributed by atoms with van der Waals surface area (Å²) in [6.07, 6.45) is 48.7. The Hall–Kier alpha value is -1.28. The summed E-state index contributed by atoms with van der Waals surface area (Å²) < 4.78 is 33.4. The normalized spacial score (nSPS) is 13.8. The van der Waals surface area contributed by atoms with Crippen LogP contribution in [0.3, 0.4) is 0 Å². The molecule has 0 aromatic carbocycles. The summed E-state index contributed by atoms with van der Waals surface area (Å²) >= 11 is 0. The molecule has 0 rings (SSSR count). The van der Waals surface area contributed by atoms with Crippen molar-refractivity contribution >= 4 is 13.8 Å². The minimum absolute atomic E-state index is 0.0974. The summed E-state index contributed by atoms with van der Waals surface area (Å²) in [7, 11) is -4.28. The highest BCUT2D eigenvalue weighted by Crippen LogP contribution is 2.43. The Bertz CT molecular complexity index is 926. The van der Waals surface area contributed by atoms with Crippen LogP contribution in [0.2, 0.25) is 0 Å². The van der Waals surface area contributed by atoms with Crippen molar-refractivity contribution in [1.29, 1.82) is 0 Å². The van der Waals surface area contributed by atoms with Gasteiger partial charge in [0.1, 0.15) is 6.10 Å². The molecule has 54 heavy (non-hydrogen) atoms. The van der Waals surface area contributed by atoms with Gasteiger partial charge in [0, 0.05) is 19.6 Å². The SMILES string of the molecule is CCCCC/C=C\C/C=C\CCCCCCCCCCCCOCC(COP(=O)(O)OCCN)OC(=O)CCCCCCC/C=C\CCCCCCCC. The van der Waals surface area contributed by atoms with Crippen molar-refractivity contribution in [1.82, 2.24) is 0 Å². The van der Waals surface area contributed by atoms with Gasteiger partial charge in [-0.3, -0.25) is 13.8 Å². The molecule has 0 aliphatic carbocycles. The van der Waals surface area contributed by atoms with Crippen molar-refractivity contribution in [3.63, 3.8) is 0 Å². The zero-order chi connectivity index (χ0) is 39.5. The first-order valence-electron chi connectivity index (χ1n) is 22.5. The molecule has 0 saturated heterocycles. The molecule has 0 amide bonds. The molecule has 0 fully saturated rings. The van der Waals surface area contributed by atoms with E-state index in [4.69, 9.17) is 24.3 Å². The lowest BCUT2D eigenvalue weighted by molar-refractivity contribution is -0.154. The molecular weight excluding hydrogens is 697 g/mol. The topological polar surface area (TPSA) is 117 Å². The molecule has 0 spiro atoms. The fourth-order valence-corrected chi connectivity index (χ4v) is 6.96. The highest BCUT2D eigenvalue weighted by atomic mass is 31.2. The molecule has 0 bridgehead atoms. The van der Waals surface area contributed by atoms with Gasteiger partial charge in [0.25, 0.3) is 0 Å². The van der Waals surface area contributed by atoms with Gasteiger partial charge in [0.2, 0.25) is 0 Å². The largest absolute Gasteiger partial charge is 0.472 e. The second-order valence-corrected chi connectivity index (χ2v) is 16.4. The second-order valence-electron chi connectivity index (χ2n) is 14.9. The molecule has 9 heteroatoms. The zero-order valence-electron chi connectivity index (χ0n) is 35.2. The van der Waals surface area contributed by atoms with Crippen LogP contribution in [0.4, 0.5) is 0 Å². The van der Waals surface area contributed by atoms with Crippen molar-refractivity contribution in [2.24, 2.45) is 5.73 Å². The van der Waals surface area contributed by atoms with E-state index in [0.29, 0.717) is 13.0 Å². The molecule has 318 valence electrons. The van der Waals surface area contributed by atoms with Gasteiger partial charge in [0.15, 0.2) is 0 Å². The molecular formula is C45H86NO7P. The van der Waals surface area contributed by atoms with E-state index in [1.165, 1.54) is 135 Å². The van der Waals surface area contributed by atoms with E-state index in [2.05, 4.69) is 50.3 Å². The Kier molecular flexibility index (Phi) is 41.8. The summed E-state index contributed by atoms with van der Waals surface area (Å²) in [4.78, 5) is 22.5. The summed E-state index contributed by atoms with van der Waals surface area (Å²) in [5, 5.41) is 0. The van der Waals surface area contributed by atoms with Crippen LogP contribution >= 0.6 is 7.82 Å². The van der Waals surface area contributed by atoms with E-state index < -0.39 is 13.9 Å². The number of hydrogen-bond acceptors (Lipinski definition) is 7. The fourth-order valence-electron chi connectivity index (χ4n) is 6.20. The lowest BCUT2D eigenvalue weighted by Crippen LogP contribution is -2.28. The lowest BCUT2D eigenvalue weighted by atomic mass is 10.1. The average Bonchev–Trinajstić information content (AvgIpc) is 3.16. The third-order valence-corrected chi connectivity index (χ3v) is 10.5. The predicted molar refractivity (Wildman–Crippen MR) is 229 cm³/mol. The van der Waals surface area contributed by atoms with Crippen LogP contribution in [-0.4, -0.2) is 49.9 Å². The average molecular weight is 784 g/mol. The summed E-state index contributed by atoms with van der Waals surface area (Å²) in [5.41, 5.74) is 5.37. The first kappa shape index (κ1) is 52.7. The second kappa shape index (κ2) is 42.9. The van der Waals surface area contributed by atoms with Crippen LogP contribution in [0, 0.1) is 0 Å². The van der Waals surface area contributed by atoms with E-state index in [0.717, 1.165) is 51.4 Å². The van der Waals surface area contributed by atoms with Crippen LogP contribution < -0.4 is 5.73 Å². The minimum atomic E-state index is -4.28. The molecule has 0 radical (unpaired) electrons. The van der Waals surface area contributed by atoms with Crippen LogP contribution in [0.25, 0.3) is 0 Å². The number of ether oxygens (including phenoxy) is 2. The molecule has 8 nitrogen and oxygen atoms in total. The highest BCUT2D eigenvalue weighted by molar-refractivity contribution is 7.47. The van der Waals surface area contributed by atoms with Crippen LogP contribution in [0.15, 0.2) is 36.5 Å². The Labute approximate surface area is 333 Å². The third-order valence-electron chi connectivity index (χ3n) is 9.53. The number of hydrogen-bond donors (Lipinski definition) is 2. The minimum Gasteiger partial charge on any atom is -0.457 e. The lowest BCUT2D eigenvalue weighted by Gasteiger charge is -2.20. The smallest absolute Gasteiger partial charge is 0.457 e. The standard InChI is InChI=1S/C45H86NO7P/c1-3-5-7-9-11-13-15-17-19-20-21-22-23-25-27-29-31-33-35-37-40-50-42-44(43-52-54(48,49)51-41-39-46)53-45(47)38-36-34-32-30-28-26-24-18-16-14-12-10-8-6-4-2/h11,13,17-19,24,44H,3-10,12,14-16,20-23,25-43,46H2,1-2H3,(H,48,49)/b13-11-,19-17-,24-18-. The summed E-state index contributed by atoms with van der Waals surface area (Å²) in [6.45, 7) is 4.89. The quantitative estimate of drug-likeness (QED) is 0.0272. The highest BCUT2D eigenvalue weighted by Gasteiger charge is 2.25. The Morgan fingerprint density at radius 1 is 0.556 bits per heavy atom. The van der Waals surface area contributed by atoms with Crippen LogP contribution in [0.1, 0.15) is 206 Å². The molecule has 2 atom stereocenters. The molecule has 0 aromatic heterocycles. The van der Waals surface area contributed by atoms with Gasteiger partial charge in [-0.15, -0.1) is 0 Å². The van der Waals surface area contributed by atoms with Crippen molar-refractivity contribution < 1.29 is 32.8 Å². The molecule has 0 aromatic rings. The number of phosphoric acid groups is 1. The number of nitrogens with two attached hydrogens (primary N) is 1. The monoisotopic (exact) mass is 784 g/mol. The fraction of sp³-hybridized carbons (Fsp3) is 0.844. The van der Waals surface area contributed by atoms with Crippen LogP contribution in [0.5, 0.6) is 0 Å². The van der Waals surface area contributed by atoms with E-state index in [-0.39, 0.29) is 32.3 Å². The maximum atomic E-state index is 12.6. The maximum absolute atomic E-state index is 12.6. The number of phosphoric ester groups is 1. The van der Waals surface area contributed by atoms with Crippen molar-refractivity contribution in [3.05, 3.63) is 36.5 Å². The van der Waals surface area contributed by atoms with Gasteiger partial charge in [-0.25, -0.2) is 4.57 Å². The van der Waals surface area contributed by atoms with E-state index in [1.54, 1.807) is 0 Å². The van der Waals surface area contributed by atoms with Crippen LogP contribution in [-0.2, 0) is 27.9 Å². The van der Waals surface area contributed by atoms with Crippen molar-refractivity contribution in [3.8, 4) is 0 Å². The Balaban J connectivity index is 4.00. The number of esters is 1. The van der Waals surface area contributed by atoms with Gasteiger partial charge >= 0.3 is 13.8 Å². The zero-order valence-corrected chi connectivity index (χ0v) is 36.1. The van der Waals surface area contributed by atoms with E-state index in [1.807, 2.05) is 0 Å². The first-order chi connectivity index (χ1) is 26.4. The van der Waals surface area contributed by atoms with Crippen molar-refractivity contribution in [2.75, 3.05) is 33.0 Å². The molecule has 0 aliphatic heterocycles. The number of carbonyl (C=O) groups excluding carboxylic acids is 1. The summed E-state index contributed by atoms with van der Waals surface area (Å²) in [6, 6.07) is 0. The Morgan fingerprint density at radius 3 is 1.50 bits per heavy atom. The molecule has 0 heterocycles. The van der Waals surface area contributed by atoms with Gasteiger partial charge in [-0.05, 0) is 70.6 Å². The number of allylic oxidation sites excluding steroid dienone is 6. The summed E-state index contributed by atoms with van der Waals surface area (Å²) in [5.74, 6) is -0.339. The Morgan fingerprint density at radius 2 is 0.981 bits per heavy atom. The van der Waals surface area contributed by atoms with E-state index >= 15 is 0 Å². The van der Waals surface area contributed by atoms with Gasteiger partial charge in [-0.1, -0.05) is 166 Å². The number of rotatable bonds is 43. The molecule has 2 unspecified atom stereocenters. The maximum Gasteiger partial charge on any atom is 0.472 e. The first-order valence-corrected chi connectivity index (χ1v) is 24.0. The third kappa shape index (κ3) is 41.9. The van der Waals surface area contributed by atoms with Gasteiger partial charge < -0.3 is 20.1 Å². The molecule has 0 aliphatic rings. The number of carbonyl (C=O) groups is 1. The van der Waals surface area contributed by atoms with E-state index in [9.17, 15) is 14.3 Å².